The van der Waals surface area contributed by atoms with Gasteiger partial charge in [-0.3, -0.25) is 0 Å². The average molecular weight is 328 g/mol. The van der Waals surface area contributed by atoms with Crippen LogP contribution in [0.5, 0.6) is 0 Å². The Morgan fingerprint density at radius 3 is 2.81 bits per heavy atom. The van der Waals surface area contributed by atoms with Crippen molar-refractivity contribution in [1.29, 1.82) is 0 Å². The highest BCUT2D eigenvalue weighted by molar-refractivity contribution is 9.10. The van der Waals surface area contributed by atoms with E-state index in [1.807, 2.05) is 0 Å². The number of hydrogen-bond donors (Lipinski definition) is 1. The molecule has 1 aromatic heterocycles. The largest absolute Gasteiger partial charge is 0.369 e. The molecule has 0 aliphatic rings. The summed E-state index contributed by atoms with van der Waals surface area (Å²) in [4.78, 5) is 4.07. The van der Waals surface area contributed by atoms with E-state index in [0.717, 1.165) is 4.47 Å². The molecule has 0 spiro atoms. The highest BCUT2D eigenvalue weighted by Crippen LogP contribution is 2.22. The van der Waals surface area contributed by atoms with Crippen molar-refractivity contribution in [2.75, 3.05) is 23.9 Å². The molecule has 0 aromatic carbocycles. The van der Waals surface area contributed by atoms with Crippen LogP contribution in [0.25, 0.3) is 0 Å². The molecule has 1 rings (SSSR count). The Morgan fingerprint density at radius 1 is 1.56 bits per heavy atom. The Bertz CT molecular complexity index is 465. The van der Waals surface area contributed by atoms with E-state index in [-0.39, 0.29) is 5.75 Å². The molecular weight excluding hydrogens is 316 g/mol. The van der Waals surface area contributed by atoms with Gasteiger partial charge in [-0.1, -0.05) is 11.6 Å². The minimum absolute atomic E-state index is 0.172. The summed E-state index contributed by atoms with van der Waals surface area (Å²) in [5.41, 5.74) is 0. The third-order valence-corrected chi connectivity index (χ3v) is 3.63. The smallest absolute Gasteiger partial charge is 0.147 e. The van der Waals surface area contributed by atoms with Gasteiger partial charge in [0.15, 0.2) is 0 Å². The first-order chi connectivity index (χ1) is 7.38. The molecule has 1 N–H and O–H groups in total. The summed E-state index contributed by atoms with van der Waals surface area (Å²) in [5, 5.41) is 3.58. The van der Waals surface area contributed by atoms with Gasteiger partial charge in [-0.25, -0.2) is 13.4 Å². The highest BCUT2D eigenvalue weighted by atomic mass is 79.9. The first-order valence-corrected chi connectivity index (χ1v) is 7.84. The summed E-state index contributed by atoms with van der Waals surface area (Å²) in [7, 11) is -2.89. The predicted molar refractivity (Wildman–Crippen MR) is 69.8 cm³/mol. The Morgan fingerprint density at radius 2 is 2.25 bits per heavy atom. The van der Waals surface area contributed by atoms with Crippen LogP contribution in [0.2, 0.25) is 5.02 Å². The molecule has 0 fully saturated rings. The molecule has 4 nitrogen and oxygen atoms in total. The highest BCUT2D eigenvalue weighted by Gasteiger charge is 2.04. The second-order valence-electron chi connectivity index (χ2n) is 3.39. The Kier molecular flexibility index (Phi) is 5.01. The quantitative estimate of drug-likeness (QED) is 0.843. The lowest BCUT2D eigenvalue weighted by Gasteiger charge is -2.06. The molecule has 0 aliphatic carbocycles. The molecule has 0 radical (unpaired) electrons. The molecule has 0 saturated carbocycles. The summed E-state index contributed by atoms with van der Waals surface area (Å²) in [6.07, 6.45) is 3.31. The summed E-state index contributed by atoms with van der Waals surface area (Å²) < 4.78 is 22.5. The number of aromatic nitrogens is 1. The molecule has 1 heterocycles. The third kappa shape index (κ3) is 5.14. The van der Waals surface area contributed by atoms with Crippen molar-refractivity contribution >= 4 is 43.2 Å². The molecule has 0 aliphatic heterocycles. The van der Waals surface area contributed by atoms with Gasteiger partial charge in [0.2, 0.25) is 0 Å². The van der Waals surface area contributed by atoms with Crippen molar-refractivity contribution in [3.8, 4) is 0 Å². The number of halogens is 2. The lowest BCUT2D eigenvalue weighted by atomic mass is 10.4. The number of nitrogens with zero attached hydrogens (tertiary/aromatic N) is 1. The number of pyridine rings is 1. The summed E-state index contributed by atoms with van der Waals surface area (Å²) in [6, 6.07) is 1.73. The van der Waals surface area contributed by atoms with Gasteiger partial charge in [-0.05, 0) is 28.4 Å². The predicted octanol–water partition coefficient (Wildman–Crippen LogP) is 2.34. The maximum atomic E-state index is 10.9. The molecule has 16 heavy (non-hydrogen) atoms. The number of nitrogens with one attached hydrogen (secondary N) is 1. The number of hydrogen-bond acceptors (Lipinski definition) is 4. The summed E-state index contributed by atoms with van der Waals surface area (Å²) >= 11 is 9.05. The van der Waals surface area contributed by atoms with Gasteiger partial charge in [0.1, 0.15) is 15.7 Å². The van der Waals surface area contributed by atoms with Crippen molar-refractivity contribution in [2.24, 2.45) is 0 Å². The third-order valence-electron chi connectivity index (χ3n) is 1.79. The van der Waals surface area contributed by atoms with Crippen LogP contribution in [-0.4, -0.2) is 32.0 Å². The van der Waals surface area contributed by atoms with Crippen molar-refractivity contribution in [2.45, 2.75) is 6.42 Å². The minimum atomic E-state index is -2.89. The topological polar surface area (TPSA) is 59.1 Å². The van der Waals surface area contributed by atoms with E-state index < -0.39 is 9.84 Å². The van der Waals surface area contributed by atoms with Gasteiger partial charge in [0, 0.05) is 19.0 Å². The van der Waals surface area contributed by atoms with E-state index in [1.165, 1.54) is 12.5 Å². The van der Waals surface area contributed by atoms with E-state index >= 15 is 0 Å². The van der Waals surface area contributed by atoms with E-state index in [0.29, 0.717) is 23.8 Å². The molecule has 90 valence electrons. The first kappa shape index (κ1) is 13.7. The van der Waals surface area contributed by atoms with Crippen LogP contribution in [0, 0.1) is 0 Å². The SMILES string of the molecule is CS(=O)(=O)CCCNc1ncc(Cl)cc1Br. The van der Waals surface area contributed by atoms with Crippen LogP contribution in [0.3, 0.4) is 0 Å². The zero-order valence-electron chi connectivity index (χ0n) is 8.70. The fourth-order valence-electron chi connectivity index (χ4n) is 1.09. The Hall–Kier alpha value is -0.330. The fourth-order valence-corrected chi connectivity index (χ4v) is 2.53. The average Bonchev–Trinajstić information content (AvgIpc) is 2.13. The van der Waals surface area contributed by atoms with Crippen LogP contribution in [0.4, 0.5) is 5.82 Å². The summed E-state index contributed by atoms with van der Waals surface area (Å²) in [6.45, 7) is 0.556. The maximum Gasteiger partial charge on any atom is 0.147 e. The molecule has 0 bridgehead atoms. The monoisotopic (exact) mass is 326 g/mol. The van der Waals surface area contributed by atoms with Crippen LogP contribution >= 0.6 is 27.5 Å². The summed E-state index contributed by atoms with van der Waals surface area (Å²) in [5.74, 6) is 0.837. The Balaban J connectivity index is 2.43. The molecule has 0 saturated heterocycles. The standard InChI is InChI=1S/C9H12BrClN2O2S/c1-16(14,15)4-2-3-12-9-8(10)5-7(11)6-13-9/h5-6H,2-4H2,1H3,(H,12,13). The van der Waals surface area contributed by atoms with Gasteiger partial charge in [-0.15, -0.1) is 0 Å². The van der Waals surface area contributed by atoms with Crippen LogP contribution in [0.15, 0.2) is 16.7 Å². The molecule has 0 amide bonds. The van der Waals surface area contributed by atoms with Crippen LogP contribution in [0.1, 0.15) is 6.42 Å². The Labute approximate surface area is 108 Å². The normalized spacial score (nSPS) is 11.4. The van der Waals surface area contributed by atoms with Crippen LogP contribution in [-0.2, 0) is 9.84 Å². The number of anilines is 1. The second kappa shape index (κ2) is 5.84. The molecule has 1 aromatic rings. The van der Waals surface area contributed by atoms with Gasteiger partial charge < -0.3 is 5.32 Å². The van der Waals surface area contributed by atoms with E-state index in [1.54, 1.807) is 6.07 Å². The van der Waals surface area contributed by atoms with E-state index in [2.05, 4.69) is 26.2 Å². The lowest BCUT2D eigenvalue weighted by molar-refractivity contribution is 0.600. The number of sulfone groups is 1. The minimum Gasteiger partial charge on any atom is -0.369 e. The van der Waals surface area contributed by atoms with E-state index in [9.17, 15) is 8.42 Å². The molecule has 0 unspecified atom stereocenters. The first-order valence-electron chi connectivity index (χ1n) is 4.61. The maximum absolute atomic E-state index is 10.9. The zero-order valence-corrected chi connectivity index (χ0v) is 11.9. The lowest BCUT2D eigenvalue weighted by Crippen LogP contribution is -2.10. The van der Waals surface area contributed by atoms with Crippen molar-refractivity contribution < 1.29 is 8.42 Å². The van der Waals surface area contributed by atoms with Gasteiger partial charge in [0.25, 0.3) is 0 Å². The van der Waals surface area contributed by atoms with Crippen LogP contribution < -0.4 is 5.32 Å². The van der Waals surface area contributed by atoms with Crippen molar-refractivity contribution in [3.63, 3.8) is 0 Å². The molecular formula is C9H12BrClN2O2S. The fraction of sp³-hybridized carbons (Fsp3) is 0.444. The molecule has 7 heteroatoms. The van der Waals surface area contributed by atoms with Crippen molar-refractivity contribution in [3.05, 3.63) is 21.8 Å². The number of rotatable bonds is 5. The molecule has 0 atom stereocenters. The second-order valence-corrected chi connectivity index (χ2v) is 6.94. The van der Waals surface area contributed by atoms with Gasteiger partial charge in [0.05, 0.1) is 15.2 Å². The van der Waals surface area contributed by atoms with Gasteiger partial charge in [-0.2, -0.15) is 0 Å². The van der Waals surface area contributed by atoms with E-state index in [4.69, 9.17) is 11.6 Å². The van der Waals surface area contributed by atoms with Gasteiger partial charge >= 0.3 is 0 Å². The zero-order chi connectivity index (χ0) is 12.2. The van der Waals surface area contributed by atoms with Crippen molar-refractivity contribution in [1.82, 2.24) is 4.98 Å².